The molecule has 0 saturated carbocycles. The Hall–Kier alpha value is -3.57. The second-order valence-electron chi connectivity index (χ2n) is 7.20. The molecule has 0 spiro atoms. The molecule has 1 atom stereocenters. The van der Waals surface area contributed by atoms with Gasteiger partial charge in [-0.15, -0.1) is 0 Å². The summed E-state index contributed by atoms with van der Waals surface area (Å²) in [6.45, 7) is 0.146. The lowest BCUT2D eigenvalue weighted by Gasteiger charge is -2.23. The molecule has 3 aromatic rings. The number of rotatable bonds is 5. The highest BCUT2D eigenvalue weighted by atomic mass is 32.2. The van der Waals surface area contributed by atoms with Crippen molar-refractivity contribution < 1.29 is 22.4 Å². The second kappa shape index (κ2) is 8.89. The molecule has 2 amide bonds. The van der Waals surface area contributed by atoms with Crippen LogP contribution in [0.5, 0.6) is 0 Å². The number of sulfonamides is 1. The van der Waals surface area contributed by atoms with E-state index in [4.69, 9.17) is 0 Å². The zero-order valence-corrected chi connectivity index (χ0v) is 17.6. The summed E-state index contributed by atoms with van der Waals surface area (Å²) in [6, 6.07) is 14.2. The van der Waals surface area contributed by atoms with E-state index in [-0.39, 0.29) is 17.1 Å². The van der Waals surface area contributed by atoms with Gasteiger partial charge in [0.1, 0.15) is 17.6 Å². The van der Waals surface area contributed by atoms with Gasteiger partial charge in [-0.25, -0.2) is 12.8 Å². The molecule has 0 radical (unpaired) electrons. The van der Waals surface area contributed by atoms with Crippen molar-refractivity contribution in [3.05, 3.63) is 72.2 Å². The minimum Gasteiger partial charge on any atom is -0.272 e. The highest BCUT2D eigenvalue weighted by Crippen LogP contribution is 2.26. The average Bonchev–Trinajstić information content (AvgIpc) is 3.49. The van der Waals surface area contributed by atoms with Crippen LogP contribution in [0.15, 0.2) is 65.6 Å². The number of aromatic amines is 1. The maximum absolute atomic E-state index is 13.2. The van der Waals surface area contributed by atoms with Crippen molar-refractivity contribution >= 4 is 21.8 Å². The van der Waals surface area contributed by atoms with Gasteiger partial charge in [-0.05, 0) is 43.2 Å². The summed E-state index contributed by atoms with van der Waals surface area (Å²) >= 11 is 0. The van der Waals surface area contributed by atoms with Crippen molar-refractivity contribution in [1.29, 1.82) is 0 Å². The summed E-state index contributed by atoms with van der Waals surface area (Å²) in [5.74, 6) is -1.85. The summed E-state index contributed by atoms with van der Waals surface area (Å²) in [5, 5.41) is 6.69. The Morgan fingerprint density at radius 2 is 1.78 bits per heavy atom. The first kappa shape index (κ1) is 21.7. The molecule has 2 aromatic carbocycles. The second-order valence-corrected chi connectivity index (χ2v) is 9.09. The van der Waals surface area contributed by atoms with Gasteiger partial charge in [-0.3, -0.25) is 25.5 Å². The molecule has 1 fully saturated rings. The van der Waals surface area contributed by atoms with Gasteiger partial charge < -0.3 is 0 Å². The first-order valence-corrected chi connectivity index (χ1v) is 11.3. The predicted octanol–water partition coefficient (Wildman–Crippen LogP) is 1.83. The Balaban J connectivity index is 1.41. The van der Waals surface area contributed by atoms with Gasteiger partial charge in [0.25, 0.3) is 11.8 Å². The lowest BCUT2D eigenvalue weighted by atomic mass is 10.1. The minimum absolute atomic E-state index is 0.103. The molecule has 4 rings (SSSR count). The molecule has 0 bridgehead atoms. The van der Waals surface area contributed by atoms with Crippen LogP contribution in [-0.4, -0.2) is 47.3 Å². The van der Waals surface area contributed by atoms with Gasteiger partial charge in [0.2, 0.25) is 10.0 Å². The van der Waals surface area contributed by atoms with Gasteiger partial charge in [0, 0.05) is 12.1 Å². The summed E-state index contributed by atoms with van der Waals surface area (Å²) in [5.41, 5.74) is 6.08. The number of hydrogen-bond donors (Lipinski definition) is 3. The maximum Gasteiger partial charge on any atom is 0.287 e. The summed E-state index contributed by atoms with van der Waals surface area (Å²) in [6.07, 6.45) is 0.776. The number of hydrazine groups is 1. The normalized spacial score (nSPS) is 16.6. The van der Waals surface area contributed by atoms with Crippen LogP contribution in [0, 0.1) is 5.82 Å². The Morgan fingerprint density at radius 1 is 1.06 bits per heavy atom. The smallest absolute Gasteiger partial charge is 0.272 e. The third kappa shape index (κ3) is 4.39. The third-order valence-corrected chi connectivity index (χ3v) is 7.04. The predicted molar refractivity (Wildman–Crippen MR) is 113 cm³/mol. The molecule has 1 aliphatic heterocycles. The van der Waals surface area contributed by atoms with E-state index in [1.54, 1.807) is 0 Å². The molecular weight excluding hydrogens is 437 g/mol. The number of carbonyl (C=O) groups is 2. The van der Waals surface area contributed by atoms with E-state index in [2.05, 4.69) is 21.0 Å². The molecule has 11 heteroatoms. The van der Waals surface area contributed by atoms with E-state index < -0.39 is 33.7 Å². The molecule has 9 nitrogen and oxygen atoms in total. The number of nitrogens with zero attached hydrogens (tertiary/aromatic N) is 2. The zero-order chi connectivity index (χ0) is 22.7. The van der Waals surface area contributed by atoms with Crippen molar-refractivity contribution in [3.8, 4) is 11.3 Å². The Kier molecular flexibility index (Phi) is 6.01. The Bertz CT molecular complexity index is 1230. The number of amides is 2. The fourth-order valence-corrected chi connectivity index (χ4v) is 5.15. The first-order chi connectivity index (χ1) is 15.4. The summed E-state index contributed by atoms with van der Waals surface area (Å²) in [4.78, 5) is 24.9. The lowest BCUT2D eigenvalue weighted by Crippen LogP contribution is -2.51. The molecule has 3 N–H and O–H groups in total. The largest absolute Gasteiger partial charge is 0.287 e. The van der Waals surface area contributed by atoms with Crippen LogP contribution >= 0.6 is 0 Å². The van der Waals surface area contributed by atoms with Gasteiger partial charge >= 0.3 is 0 Å². The van der Waals surface area contributed by atoms with Crippen LogP contribution in [0.3, 0.4) is 0 Å². The van der Waals surface area contributed by atoms with E-state index in [0.717, 1.165) is 34.1 Å². The molecule has 1 aliphatic rings. The van der Waals surface area contributed by atoms with Crippen molar-refractivity contribution in [3.63, 3.8) is 0 Å². The lowest BCUT2D eigenvalue weighted by molar-refractivity contribution is -0.125. The van der Waals surface area contributed by atoms with Crippen LogP contribution in [-0.2, 0) is 14.8 Å². The zero-order valence-electron chi connectivity index (χ0n) is 16.8. The van der Waals surface area contributed by atoms with Crippen LogP contribution in [0.4, 0.5) is 4.39 Å². The van der Waals surface area contributed by atoms with E-state index in [9.17, 15) is 22.4 Å². The highest BCUT2D eigenvalue weighted by molar-refractivity contribution is 7.89. The quantitative estimate of drug-likeness (QED) is 0.504. The monoisotopic (exact) mass is 457 g/mol. The number of hydrogen-bond acceptors (Lipinski definition) is 5. The molecule has 166 valence electrons. The molecule has 0 aliphatic carbocycles. The number of carbonyl (C=O) groups excluding carboxylic acids is 2. The Morgan fingerprint density at radius 3 is 2.50 bits per heavy atom. The van der Waals surface area contributed by atoms with Crippen LogP contribution in [0.2, 0.25) is 0 Å². The number of halogens is 1. The molecule has 1 unspecified atom stereocenters. The summed E-state index contributed by atoms with van der Waals surface area (Å²) < 4.78 is 40.0. The number of H-pyrrole nitrogens is 1. The molecule has 1 aromatic heterocycles. The van der Waals surface area contributed by atoms with E-state index >= 15 is 0 Å². The van der Waals surface area contributed by atoms with Gasteiger partial charge in [-0.2, -0.15) is 9.40 Å². The third-order valence-electron chi connectivity index (χ3n) is 5.12. The van der Waals surface area contributed by atoms with Crippen molar-refractivity contribution in [2.45, 2.75) is 23.8 Å². The highest BCUT2D eigenvalue weighted by Gasteiger charge is 2.39. The van der Waals surface area contributed by atoms with Gasteiger partial charge in [-0.1, -0.05) is 30.3 Å². The van der Waals surface area contributed by atoms with E-state index in [1.165, 1.54) is 6.07 Å². The Labute approximate surface area is 183 Å². The molecule has 32 heavy (non-hydrogen) atoms. The van der Waals surface area contributed by atoms with Crippen molar-refractivity contribution in [2.24, 2.45) is 0 Å². The van der Waals surface area contributed by atoms with E-state index in [1.807, 2.05) is 30.3 Å². The van der Waals surface area contributed by atoms with Crippen molar-refractivity contribution in [2.75, 3.05) is 6.54 Å². The number of aromatic nitrogens is 2. The van der Waals surface area contributed by atoms with Gasteiger partial charge in [0.05, 0.1) is 10.6 Å². The molecular formula is C21H20FN5O4S. The van der Waals surface area contributed by atoms with E-state index in [0.29, 0.717) is 18.5 Å². The standard InChI is InChI=1S/C21H20FN5O4S/c22-15-8-10-16(11-9-15)32(30,31)27-12-4-7-19(27)21(29)26-25-20(28)18-13-17(23-24-18)14-5-2-1-3-6-14/h1-3,5-6,8-11,13,19H,4,7,12H2,(H,23,24)(H,25,28)(H,26,29). The first-order valence-electron chi connectivity index (χ1n) is 9.85. The van der Waals surface area contributed by atoms with Crippen LogP contribution in [0.1, 0.15) is 23.3 Å². The van der Waals surface area contributed by atoms with Crippen LogP contribution in [0.25, 0.3) is 11.3 Å². The minimum atomic E-state index is -3.99. The van der Waals surface area contributed by atoms with Crippen LogP contribution < -0.4 is 10.9 Å². The topological polar surface area (TPSA) is 124 Å². The van der Waals surface area contributed by atoms with Crippen molar-refractivity contribution in [1.82, 2.24) is 25.4 Å². The fraction of sp³-hybridized carbons (Fsp3) is 0.190. The average molecular weight is 457 g/mol. The SMILES string of the molecule is O=C(NNC(=O)C1CCCN1S(=O)(=O)c1ccc(F)cc1)c1cc(-c2ccccc2)n[nH]1. The number of nitrogens with one attached hydrogen (secondary N) is 3. The summed E-state index contributed by atoms with van der Waals surface area (Å²) in [7, 11) is -3.99. The molecule has 1 saturated heterocycles. The molecule has 2 heterocycles. The maximum atomic E-state index is 13.2. The van der Waals surface area contributed by atoms with Gasteiger partial charge in [0.15, 0.2) is 0 Å². The fourth-order valence-electron chi connectivity index (χ4n) is 3.50. The number of benzene rings is 2.